The summed E-state index contributed by atoms with van der Waals surface area (Å²) in [5.41, 5.74) is 2.88. The summed E-state index contributed by atoms with van der Waals surface area (Å²) >= 11 is 3.23. The highest BCUT2D eigenvalue weighted by Crippen LogP contribution is 2.27. The fourth-order valence-corrected chi connectivity index (χ4v) is 3.89. The molecule has 0 radical (unpaired) electrons. The number of nitriles is 1. The number of aromatic nitrogens is 1. The van der Waals surface area contributed by atoms with Gasteiger partial charge in [-0.2, -0.15) is 5.26 Å². The molecule has 3 rings (SSSR count). The van der Waals surface area contributed by atoms with Crippen LogP contribution < -0.4 is 5.32 Å². The maximum atomic E-state index is 12.6. The molecule has 0 saturated heterocycles. The van der Waals surface area contributed by atoms with Gasteiger partial charge in [0.05, 0.1) is 27.9 Å². The molecule has 0 aliphatic heterocycles. The van der Waals surface area contributed by atoms with Crippen molar-refractivity contribution in [3.63, 3.8) is 0 Å². The van der Waals surface area contributed by atoms with E-state index in [1.54, 1.807) is 47.4 Å². The molecular formula is C19H15N3OS2. The zero-order chi connectivity index (χ0) is 17.6. The zero-order valence-corrected chi connectivity index (χ0v) is 15.2. The summed E-state index contributed by atoms with van der Waals surface area (Å²) in [6.45, 7) is 1.98. The van der Waals surface area contributed by atoms with Crippen molar-refractivity contribution in [1.29, 1.82) is 5.26 Å². The number of hydrogen-bond acceptors (Lipinski definition) is 5. The van der Waals surface area contributed by atoms with Crippen molar-refractivity contribution in [3.8, 4) is 6.07 Å². The second-order valence-electron chi connectivity index (χ2n) is 5.29. The second kappa shape index (κ2) is 7.97. The molecule has 0 bridgehead atoms. The van der Waals surface area contributed by atoms with Gasteiger partial charge in [0.15, 0.2) is 0 Å². The van der Waals surface area contributed by atoms with Gasteiger partial charge < -0.3 is 5.32 Å². The van der Waals surface area contributed by atoms with E-state index < -0.39 is 0 Å². The first-order chi connectivity index (χ1) is 12.2. The molecule has 1 aromatic heterocycles. The SMILES string of the molecule is Cc1nc(CSc2ccccc2C(=O)Nc2ccc(C#N)cc2)cs1. The Morgan fingerprint density at radius 1 is 1.24 bits per heavy atom. The Morgan fingerprint density at radius 2 is 2.00 bits per heavy atom. The van der Waals surface area contributed by atoms with E-state index in [1.165, 1.54) is 0 Å². The normalized spacial score (nSPS) is 10.2. The smallest absolute Gasteiger partial charge is 0.256 e. The molecule has 6 heteroatoms. The van der Waals surface area contributed by atoms with Gasteiger partial charge in [-0.15, -0.1) is 23.1 Å². The quantitative estimate of drug-likeness (QED) is 0.655. The molecule has 25 heavy (non-hydrogen) atoms. The second-order valence-corrected chi connectivity index (χ2v) is 7.37. The lowest BCUT2D eigenvalue weighted by Crippen LogP contribution is -2.12. The Kier molecular flexibility index (Phi) is 5.49. The minimum absolute atomic E-state index is 0.165. The van der Waals surface area contributed by atoms with E-state index in [4.69, 9.17) is 5.26 Å². The lowest BCUT2D eigenvalue weighted by atomic mass is 10.2. The van der Waals surface area contributed by atoms with Crippen LogP contribution in [-0.4, -0.2) is 10.9 Å². The summed E-state index contributed by atoms with van der Waals surface area (Å²) in [7, 11) is 0. The van der Waals surface area contributed by atoms with Gasteiger partial charge in [0.1, 0.15) is 0 Å². The number of carbonyl (C=O) groups excluding carboxylic acids is 1. The average molecular weight is 365 g/mol. The number of thiazole rings is 1. The van der Waals surface area contributed by atoms with E-state index in [9.17, 15) is 4.79 Å². The molecule has 0 atom stereocenters. The van der Waals surface area contributed by atoms with E-state index in [1.807, 2.05) is 36.6 Å². The Morgan fingerprint density at radius 3 is 2.68 bits per heavy atom. The number of nitrogens with one attached hydrogen (secondary N) is 1. The maximum absolute atomic E-state index is 12.6. The first-order valence-corrected chi connectivity index (χ1v) is 9.46. The third kappa shape index (κ3) is 4.47. The van der Waals surface area contributed by atoms with Crippen molar-refractivity contribution >= 4 is 34.7 Å². The molecule has 1 heterocycles. The van der Waals surface area contributed by atoms with Crippen LogP contribution in [0.2, 0.25) is 0 Å². The lowest BCUT2D eigenvalue weighted by Gasteiger charge is -2.09. The number of benzene rings is 2. The molecule has 0 saturated carbocycles. The average Bonchev–Trinajstić information content (AvgIpc) is 3.06. The highest BCUT2D eigenvalue weighted by molar-refractivity contribution is 7.98. The fraction of sp³-hybridized carbons (Fsp3) is 0.105. The molecule has 124 valence electrons. The largest absolute Gasteiger partial charge is 0.322 e. The van der Waals surface area contributed by atoms with Crippen LogP contribution in [0, 0.1) is 18.3 Å². The maximum Gasteiger partial charge on any atom is 0.256 e. The monoisotopic (exact) mass is 365 g/mol. The van der Waals surface area contributed by atoms with Crippen molar-refractivity contribution in [2.24, 2.45) is 0 Å². The molecule has 0 spiro atoms. The van der Waals surface area contributed by atoms with Crippen molar-refractivity contribution in [3.05, 3.63) is 75.7 Å². The predicted octanol–water partition coefficient (Wildman–Crippen LogP) is 4.87. The van der Waals surface area contributed by atoms with Crippen LogP contribution in [0.1, 0.15) is 26.6 Å². The number of hydrogen-bond donors (Lipinski definition) is 1. The molecule has 1 N–H and O–H groups in total. The number of amides is 1. The molecule has 0 aliphatic carbocycles. The number of anilines is 1. The summed E-state index contributed by atoms with van der Waals surface area (Å²) in [6.07, 6.45) is 0. The molecule has 3 aromatic rings. The Labute approximate surface area is 154 Å². The van der Waals surface area contributed by atoms with Crippen LogP contribution in [0.4, 0.5) is 5.69 Å². The third-order valence-corrected chi connectivity index (χ3v) is 5.38. The number of carbonyl (C=O) groups is 1. The Hall–Kier alpha value is -2.62. The summed E-state index contributed by atoms with van der Waals surface area (Å²) in [5, 5.41) is 14.8. The van der Waals surface area contributed by atoms with E-state index in [2.05, 4.69) is 16.4 Å². The van der Waals surface area contributed by atoms with Gasteiger partial charge in [0, 0.05) is 21.7 Å². The van der Waals surface area contributed by atoms with E-state index in [0.29, 0.717) is 16.8 Å². The van der Waals surface area contributed by atoms with Crippen LogP contribution in [0.3, 0.4) is 0 Å². The first kappa shape index (κ1) is 17.2. The summed E-state index contributed by atoms with van der Waals surface area (Å²) < 4.78 is 0. The highest BCUT2D eigenvalue weighted by Gasteiger charge is 2.12. The fourth-order valence-electron chi connectivity index (χ4n) is 2.23. The number of aryl methyl sites for hydroxylation is 1. The van der Waals surface area contributed by atoms with Crippen molar-refractivity contribution in [2.45, 2.75) is 17.6 Å². The third-order valence-electron chi connectivity index (χ3n) is 3.45. The molecule has 1 amide bonds. The van der Waals surface area contributed by atoms with E-state index in [-0.39, 0.29) is 5.91 Å². The molecule has 0 fully saturated rings. The topological polar surface area (TPSA) is 65.8 Å². The van der Waals surface area contributed by atoms with E-state index >= 15 is 0 Å². The van der Waals surface area contributed by atoms with Gasteiger partial charge in [-0.3, -0.25) is 4.79 Å². The Balaban J connectivity index is 1.72. The Bertz CT molecular complexity index is 926. The zero-order valence-electron chi connectivity index (χ0n) is 13.5. The molecule has 2 aromatic carbocycles. The summed E-state index contributed by atoms with van der Waals surface area (Å²) in [5.74, 6) is 0.563. The van der Waals surface area contributed by atoms with Gasteiger partial charge in [0.2, 0.25) is 0 Å². The van der Waals surface area contributed by atoms with Gasteiger partial charge >= 0.3 is 0 Å². The minimum atomic E-state index is -0.165. The lowest BCUT2D eigenvalue weighted by molar-refractivity contribution is 0.102. The standard InChI is InChI=1S/C19H15N3OS2/c1-13-21-16(11-24-13)12-25-18-5-3-2-4-17(18)19(23)22-15-8-6-14(10-20)7-9-15/h2-9,11H,12H2,1H3,(H,22,23). The van der Waals surface area contributed by atoms with Gasteiger partial charge in [0.25, 0.3) is 5.91 Å². The van der Waals surface area contributed by atoms with Crippen LogP contribution in [0.25, 0.3) is 0 Å². The van der Waals surface area contributed by atoms with Gasteiger partial charge in [-0.25, -0.2) is 4.98 Å². The molecular weight excluding hydrogens is 350 g/mol. The van der Waals surface area contributed by atoms with E-state index in [0.717, 1.165) is 21.3 Å². The molecule has 0 unspecified atom stereocenters. The van der Waals surface area contributed by atoms with Gasteiger partial charge in [-0.05, 0) is 43.3 Å². The van der Waals surface area contributed by atoms with Crippen molar-refractivity contribution in [1.82, 2.24) is 4.98 Å². The van der Waals surface area contributed by atoms with Crippen LogP contribution in [-0.2, 0) is 5.75 Å². The van der Waals surface area contributed by atoms with Crippen LogP contribution in [0.15, 0.2) is 58.8 Å². The number of thioether (sulfide) groups is 1. The molecule has 0 aliphatic rings. The van der Waals surface area contributed by atoms with Gasteiger partial charge in [-0.1, -0.05) is 12.1 Å². The summed E-state index contributed by atoms with van der Waals surface area (Å²) in [6, 6.07) is 16.4. The van der Waals surface area contributed by atoms with Crippen molar-refractivity contribution < 1.29 is 4.79 Å². The number of rotatable bonds is 5. The summed E-state index contributed by atoms with van der Waals surface area (Å²) in [4.78, 5) is 18.0. The first-order valence-electron chi connectivity index (χ1n) is 7.60. The minimum Gasteiger partial charge on any atom is -0.322 e. The molecule has 4 nitrogen and oxygen atoms in total. The van der Waals surface area contributed by atoms with Crippen LogP contribution in [0.5, 0.6) is 0 Å². The number of nitrogens with zero attached hydrogens (tertiary/aromatic N) is 2. The van der Waals surface area contributed by atoms with Crippen molar-refractivity contribution in [2.75, 3.05) is 5.32 Å². The predicted molar refractivity (Wildman–Crippen MR) is 102 cm³/mol. The van der Waals surface area contributed by atoms with Crippen LogP contribution >= 0.6 is 23.1 Å². The highest BCUT2D eigenvalue weighted by atomic mass is 32.2.